The van der Waals surface area contributed by atoms with Gasteiger partial charge in [-0.25, -0.2) is 4.68 Å². The number of para-hydroxylation sites is 2. The van der Waals surface area contributed by atoms with Crippen LogP contribution in [-0.4, -0.2) is 46.8 Å². The second-order valence-electron chi connectivity index (χ2n) is 8.49. The Morgan fingerprint density at radius 3 is 2.00 bits per heavy atom. The normalized spacial score (nSPS) is 13.7. The predicted octanol–water partition coefficient (Wildman–Crippen LogP) is 5.24. The molecule has 1 fully saturated rings. The molecule has 0 unspecified atom stereocenters. The Morgan fingerprint density at radius 2 is 1.35 bits per heavy atom. The maximum Gasteiger partial charge on any atom is 0.253 e. The fraction of sp³-hybridized carbons (Fsp3) is 0.214. The number of amides is 1. The standard InChI is InChI=1S/C28H28N4O2/c1-21-27(22(2)32(29-21)24-9-5-3-6-10-24)30-17-19-31(20-18-30)28(33)23-13-15-26(16-14-23)34-25-11-7-4-8-12-25/h3-16H,17-20H2,1-2H3. The summed E-state index contributed by atoms with van der Waals surface area (Å²) >= 11 is 0. The molecule has 1 saturated heterocycles. The Morgan fingerprint density at radius 1 is 0.765 bits per heavy atom. The van der Waals surface area contributed by atoms with Crippen molar-refractivity contribution >= 4 is 11.6 Å². The fourth-order valence-corrected chi connectivity index (χ4v) is 4.52. The number of rotatable bonds is 5. The zero-order valence-electron chi connectivity index (χ0n) is 19.5. The molecule has 4 aromatic rings. The van der Waals surface area contributed by atoms with E-state index in [4.69, 9.17) is 9.84 Å². The van der Waals surface area contributed by atoms with E-state index in [0.29, 0.717) is 24.4 Å². The maximum atomic E-state index is 13.1. The fourth-order valence-electron chi connectivity index (χ4n) is 4.52. The largest absolute Gasteiger partial charge is 0.457 e. The van der Waals surface area contributed by atoms with Gasteiger partial charge in [-0.3, -0.25) is 4.79 Å². The minimum absolute atomic E-state index is 0.0549. The van der Waals surface area contributed by atoms with Crippen molar-refractivity contribution in [3.8, 4) is 17.2 Å². The Hall–Kier alpha value is -4.06. The van der Waals surface area contributed by atoms with Gasteiger partial charge in [-0.1, -0.05) is 36.4 Å². The van der Waals surface area contributed by atoms with E-state index in [9.17, 15) is 4.79 Å². The topological polar surface area (TPSA) is 50.6 Å². The zero-order chi connectivity index (χ0) is 23.5. The van der Waals surface area contributed by atoms with Gasteiger partial charge in [-0.15, -0.1) is 0 Å². The van der Waals surface area contributed by atoms with Crippen molar-refractivity contribution in [2.45, 2.75) is 13.8 Å². The number of anilines is 1. The van der Waals surface area contributed by atoms with Gasteiger partial charge in [0.25, 0.3) is 5.91 Å². The molecule has 0 bridgehead atoms. The van der Waals surface area contributed by atoms with Crippen molar-refractivity contribution in [3.63, 3.8) is 0 Å². The summed E-state index contributed by atoms with van der Waals surface area (Å²) in [6, 6.07) is 27.2. The summed E-state index contributed by atoms with van der Waals surface area (Å²) in [6.07, 6.45) is 0. The molecule has 0 radical (unpaired) electrons. The number of carbonyl (C=O) groups is 1. The molecule has 6 heteroatoms. The first-order valence-corrected chi connectivity index (χ1v) is 11.6. The third-order valence-corrected chi connectivity index (χ3v) is 6.22. The monoisotopic (exact) mass is 452 g/mol. The van der Waals surface area contributed by atoms with Gasteiger partial charge in [0.1, 0.15) is 11.5 Å². The van der Waals surface area contributed by atoms with E-state index < -0.39 is 0 Å². The number of hydrogen-bond donors (Lipinski definition) is 0. The van der Waals surface area contributed by atoms with Crippen LogP contribution < -0.4 is 9.64 Å². The minimum atomic E-state index is 0.0549. The highest BCUT2D eigenvalue weighted by Gasteiger charge is 2.26. The number of aryl methyl sites for hydroxylation is 1. The number of aromatic nitrogens is 2. The molecule has 1 aliphatic heterocycles. The van der Waals surface area contributed by atoms with E-state index >= 15 is 0 Å². The second-order valence-corrected chi connectivity index (χ2v) is 8.49. The number of nitrogens with zero attached hydrogens (tertiary/aromatic N) is 4. The van der Waals surface area contributed by atoms with Crippen LogP contribution in [0.25, 0.3) is 5.69 Å². The van der Waals surface area contributed by atoms with Crippen LogP contribution in [0.2, 0.25) is 0 Å². The lowest BCUT2D eigenvalue weighted by atomic mass is 10.1. The van der Waals surface area contributed by atoms with Crippen LogP contribution in [0, 0.1) is 13.8 Å². The van der Waals surface area contributed by atoms with E-state index in [1.165, 1.54) is 5.69 Å². The molecular weight excluding hydrogens is 424 g/mol. The van der Waals surface area contributed by atoms with Gasteiger partial charge < -0.3 is 14.5 Å². The highest BCUT2D eigenvalue weighted by Crippen LogP contribution is 2.28. The van der Waals surface area contributed by atoms with Crippen LogP contribution in [0.4, 0.5) is 5.69 Å². The summed E-state index contributed by atoms with van der Waals surface area (Å²) in [5.41, 5.74) is 5.03. The summed E-state index contributed by atoms with van der Waals surface area (Å²) in [7, 11) is 0. The van der Waals surface area contributed by atoms with Gasteiger partial charge in [0.15, 0.2) is 0 Å². The summed E-state index contributed by atoms with van der Waals surface area (Å²) in [5, 5.41) is 4.78. The third kappa shape index (κ3) is 4.39. The molecule has 1 aromatic heterocycles. The minimum Gasteiger partial charge on any atom is -0.457 e. The van der Waals surface area contributed by atoms with Gasteiger partial charge in [-0.05, 0) is 62.4 Å². The quantitative estimate of drug-likeness (QED) is 0.415. The lowest BCUT2D eigenvalue weighted by molar-refractivity contribution is 0.0746. The van der Waals surface area contributed by atoms with Crippen LogP contribution in [0.1, 0.15) is 21.7 Å². The van der Waals surface area contributed by atoms with Crippen LogP contribution in [0.3, 0.4) is 0 Å². The lowest BCUT2D eigenvalue weighted by Gasteiger charge is -2.36. The first kappa shape index (κ1) is 21.8. The molecule has 0 atom stereocenters. The Balaban J connectivity index is 1.23. The van der Waals surface area contributed by atoms with Crippen molar-refractivity contribution in [2.24, 2.45) is 0 Å². The summed E-state index contributed by atoms with van der Waals surface area (Å²) in [4.78, 5) is 17.4. The number of hydrogen-bond acceptors (Lipinski definition) is 4. The zero-order valence-corrected chi connectivity index (χ0v) is 19.5. The molecule has 2 heterocycles. The maximum absolute atomic E-state index is 13.1. The molecule has 0 aliphatic carbocycles. The number of ether oxygens (including phenoxy) is 1. The van der Waals surface area contributed by atoms with Crippen LogP contribution in [0.5, 0.6) is 11.5 Å². The highest BCUT2D eigenvalue weighted by atomic mass is 16.5. The van der Waals surface area contributed by atoms with Gasteiger partial charge in [0.2, 0.25) is 0 Å². The average molecular weight is 453 g/mol. The van der Waals surface area contributed by atoms with Gasteiger partial charge in [0, 0.05) is 31.7 Å². The first-order valence-electron chi connectivity index (χ1n) is 11.6. The number of carbonyl (C=O) groups excluding carboxylic acids is 1. The molecule has 0 saturated carbocycles. The van der Waals surface area contributed by atoms with Crippen molar-refractivity contribution in [1.29, 1.82) is 0 Å². The van der Waals surface area contributed by atoms with Crippen LogP contribution in [-0.2, 0) is 0 Å². The van der Waals surface area contributed by atoms with E-state index in [1.54, 1.807) is 0 Å². The average Bonchev–Trinajstić information content (AvgIpc) is 3.19. The molecule has 5 rings (SSSR count). The molecular formula is C28H28N4O2. The smallest absolute Gasteiger partial charge is 0.253 e. The van der Waals surface area contributed by atoms with Crippen molar-refractivity contribution < 1.29 is 9.53 Å². The molecule has 1 amide bonds. The molecule has 34 heavy (non-hydrogen) atoms. The first-order chi connectivity index (χ1) is 16.6. The third-order valence-electron chi connectivity index (χ3n) is 6.22. The van der Waals surface area contributed by atoms with E-state index in [-0.39, 0.29) is 5.91 Å². The molecule has 3 aromatic carbocycles. The summed E-state index contributed by atoms with van der Waals surface area (Å²) < 4.78 is 7.84. The van der Waals surface area contributed by atoms with Gasteiger partial charge in [-0.2, -0.15) is 5.10 Å². The van der Waals surface area contributed by atoms with Crippen LogP contribution in [0.15, 0.2) is 84.9 Å². The predicted molar refractivity (Wildman–Crippen MR) is 134 cm³/mol. The van der Waals surface area contributed by atoms with Gasteiger partial charge in [0.05, 0.1) is 22.8 Å². The highest BCUT2D eigenvalue weighted by molar-refractivity contribution is 5.94. The van der Waals surface area contributed by atoms with Crippen molar-refractivity contribution in [1.82, 2.24) is 14.7 Å². The van der Waals surface area contributed by atoms with E-state index in [2.05, 4.69) is 30.9 Å². The Kier molecular flexibility index (Phi) is 6.04. The second kappa shape index (κ2) is 9.43. The summed E-state index contributed by atoms with van der Waals surface area (Å²) in [5.74, 6) is 1.55. The Labute approximate surface area is 200 Å². The lowest BCUT2D eigenvalue weighted by Crippen LogP contribution is -2.49. The van der Waals surface area contributed by atoms with Crippen LogP contribution >= 0.6 is 0 Å². The molecule has 0 N–H and O–H groups in total. The summed E-state index contributed by atoms with van der Waals surface area (Å²) in [6.45, 7) is 7.08. The molecule has 1 aliphatic rings. The van der Waals surface area contributed by atoms with Gasteiger partial charge >= 0.3 is 0 Å². The molecule has 172 valence electrons. The molecule has 6 nitrogen and oxygen atoms in total. The number of piperazine rings is 1. The number of benzene rings is 3. The SMILES string of the molecule is Cc1nn(-c2ccccc2)c(C)c1N1CCN(C(=O)c2ccc(Oc3ccccc3)cc2)CC1. The van der Waals surface area contributed by atoms with E-state index in [0.717, 1.165) is 35.9 Å². The molecule has 0 spiro atoms. The van der Waals surface area contributed by atoms with E-state index in [1.807, 2.05) is 82.4 Å². The Bertz CT molecular complexity index is 1260. The van der Waals surface area contributed by atoms with Crippen molar-refractivity contribution in [2.75, 3.05) is 31.1 Å². The van der Waals surface area contributed by atoms with Crippen molar-refractivity contribution in [3.05, 3.63) is 102 Å².